The highest BCUT2D eigenvalue weighted by atomic mass is 32.2. The third kappa shape index (κ3) is 5.16. The van der Waals surface area contributed by atoms with Crippen LogP contribution in [-0.4, -0.2) is 30.3 Å². The molecule has 0 unspecified atom stereocenters. The molecule has 34 heavy (non-hydrogen) atoms. The standard InChI is InChI=1S/C25H25FN4O3S/c1-16-3-10-23-29-25(19-6-9-21(26)17(2)13-19)22(30(23)15-16)14-24(31)28-12-11-18-4-7-20(8-5-18)34(27,32)33/h3-10,13,15H,11-12,14H2,1-2H3,(H,28,31)(H2,27,32,33). The summed E-state index contributed by atoms with van der Waals surface area (Å²) in [5, 5.41) is 8.03. The van der Waals surface area contributed by atoms with E-state index in [4.69, 9.17) is 10.1 Å². The Bertz CT molecular complexity index is 1480. The Morgan fingerprint density at radius 1 is 1.09 bits per heavy atom. The van der Waals surface area contributed by atoms with E-state index in [9.17, 15) is 17.6 Å². The second-order valence-electron chi connectivity index (χ2n) is 8.27. The quantitative estimate of drug-likeness (QED) is 0.423. The highest BCUT2D eigenvalue weighted by Gasteiger charge is 2.18. The third-order valence-electron chi connectivity index (χ3n) is 5.61. The third-order valence-corrected chi connectivity index (χ3v) is 6.54. The highest BCUT2D eigenvalue weighted by Crippen LogP contribution is 2.27. The van der Waals surface area contributed by atoms with Crippen molar-refractivity contribution in [2.45, 2.75) is 31.6 Å². The minimum absolute atomic E-state index is 0.0479. The van der Waals surface area contributed by atoms with Crippen molar-refractivity contribution < 1.29 is 17.6 Å². The minimum atomic E-state index is -3.73. The minimum Gasteiger partial charge on any atom is -0.355 e. The number of sulfonamides is 1. The number of amides is 1. The molecule has 2 aromatic heterocycles. The zero-order valence-corrected chi connectivity index (χ0v) is 19.7. The largest absolute Gasteiger partial charge is 0.355 e. The number of pyridine rings is 1. The predicted molar refractivity (Wildman–Crippen MR) is 128 cm³/mol. The Morgan fingerprint density at radius 3 is 2.50 bits per heavy atom. The van der Waals surface area contributed by atoms with Gasteiger partial charge < -0.3 is 9.72 Å². The predicted octanol–water partition coefficient (Wildman–Crippen LogP) is 3.31. The van der Waals surface area contributed by atoms with Gasteiger partial charge in [0.25, 0.3) is 0 Å². The molecule has 2 heterocycles. The van der Waals surface area contributed by atoms with E-state index in [-0.39, 0.29) is 23.0 Å². The zero-order valence-electron chi connectivity index (χ0n) is 18.9. The second-order valence-corrected chi connectivity index (χ2v) is 9.83. The average Bonchev–Trinajstić information content (AvgIpc) is 3.13. The number of halogens is 1. The van der Waals surface area contributed by atoms with E-state index in [1.807, 2.05) is 29.7 Å². The fourth-order valence-electron chi connectivity index (χ4n) is 3.80. The van der Waals surface area contributed by atoms with E-state index in [0.717, 1.165) is 22.4 Å². The Morgan fingerprint density at radius 2 is 1.82 bits per heavy atom. The van der Waals surface area contributed by atoms with Crippen molar-refractivity contribution in [3.8, 4) is 11.3 Å². The first-order valence-corrected chi connectivity index (χ1v) is 12.3. The molecule has 0 bridgehead atoms. The maximum Gasteiger partial charge on any atom is 0.238 e. The molecule has 0 aliphatic rings. The Labute approximate surface area is 197 Å². The molecular formula is C25H25FN4O3S. The molecular weight excluding hydrogens is 455 g/mol. The van der Waals surface area contributed by atoms with Gasteiger partial charge in [-0.3, -0.25) is 4.79 Å². The molecule has 0 aliphatic heterocycles. The summed E-state index contributed by atoms with van der Waals surface area (Å²) in [6.45, 7) is 4.04. The summed E-state index contributed by atoms with van der Waals surface area (Å²) in [5.41, 5.74) is 5.23. The van der Waals surface area contributed by atoms with E-state index in [1.165, 1.54) is 18.2 Å². The monoisotopic (exact) mass is 480 g/mol. The number of primary sulfonamides is 1. The number of imidazole rings is 1. The van der Waals surface area contributed by atoms with E-state index in [0.29, 0.717) is 29.9 Å². The van der Waals surface area contributed by atoms with E-state index in [2.05, 4.69) is 5.32 Å². The normalized spacial score (nSPS) is 11.6. The van der Waals surface area contributed by atoms with Gasteiger partial charge in [-0.2, -0.15) is 0 Å². The fourth-order valence-corrected chi connectivity index (χ4v) is 4.31. The number of aromatic nitrogens is 2. The molecule has 0 saturated carbocycles. The molecule has 0 fully saturated rings. The number of hydrogen-bond acceptors (Lipinski definition) is 4. The molecule has 4 aromatic rings. The van der Waals surface area contributed by atoms with Gasteiger partial charge >= 0.3 is 0 Å². The smallest absolute Gasteiger partial charge is 0.238 e. The summed E-state index contributed by atoms with van der Waals surface area (Å²) in [5.74, 6) is -0.468. The van der Waals surface area contributed by atoms with Crippen molar-refractivity contribution in [3.05, 3.63) is 89.0 Å². The highest BCUT2D eigenvalue weighted by molar-refractivity contribution is 7.89. The van der Waals surface area contributed by atoms with Crippen molar-refractivity contribution in [1.82, 2.24) is 14.7 Å². The molecule has 2 aromatic carbocycles. The van der Waals surface area contributed by atoms with Gasteiger partial charge in [0.1, 0.15) is 11.5 Å². The van der Waals surface area contributed by atoms with Gasteiger partial charge in [-0.25, -0.2) is 22.9 Å². The second kappa shape index (κ2) is 9.36. The number of fused-ring (bicyclic) bond motifs is 1. The van der Waals surface area contributed by atoms with Gasteiger partial charge in [0.2, 0.25) is 15.9 Å². The first-order chi connectivity index (χ1) is 16.1. The molecule has 0 saturated heterocycles. The molecule has 4 rings (SSSR count). The SMILES string of the molecule is Cc1ccc2nc(-c3ccc(F)c(C)c3)c(CC(=O)NCCc3ccc(S(N)(=O)=O)cc3)n2c1. The van der Waals surface area contributed by atoms with Crippen LogP contribution in [0, 0.1) is 19.7 Å². The first-order valence-electron chi connectivity index (χ1n) is 10.7. The van der Waals surface area contributed by atoms with Crippen LogP contribution in [0.1, 0.15) is 22.4 Å². The van der Waals surface area contributed by atoms with Crippen LogP contribution in [0.3, 0.4) is 0 Å². The van der Waals surface area contributed by atoms with E-state index >= 15 is 0 Å². The van der Waals surface area contributed by atoms with Gasteiger partial charge in [0.15, 0.2) is 0 Å². The summed E-state index contributed by atoms with van der Waals surface area (Å²) < 4.78 is 38.5. The number of carbonyl (C=O) groups is 1. The van der Waals surface area contributed by atoms with Crippen molar-refractivity contribution >= 4 is 21.6 Å². The lowest BCUT2D eigenvalue weighted by Gasteiger charge is -2.09. The first kappa shape index (κ1) is 23.6. The number of aryl methyl sites for hydroxylation is 2. The molecule has 0 spiro atoms. The van der Waals surface area contributed by atoms with Crippen LogP contribution in [0.15, 0.2) is 65.7 Å². The van der Waals surface area contributed by atoms with Gasteiger partial charge in [-0.05, 0) is 73.4 Å². The number of carbonyl (C=O) groups excluding carboxylic acids is 1. The van der Waals surface area contributed by atoms with Gasteiger partial charge in [0, 0.05) is 18.3 Å². The molecule has 1 amide bonds. The van der Waals surface area contributed by atoms with Crippen LogP contribution in [0.25, 0.3) is 16.9 Å². The number of benzene rings is 2. The van der Waals surface area contributed by atoms with Crippen molar-refractivity contribution in [3.63, 3.8) is 0 Å². The molecule has 3 N–H and O–H groups in total. The van der Waals surface area contributed by atoms with Gasteiger partial charge in [-0.1, -0.05) is 18.2 Å². The van der Waals surface area contributed by atoms with Crippen LogP contribution in [0.5, 0.6) is 0 Å². The van der Waals surface area contributed by atoms with Crippen LogP contribution < -0.4 is 10.5 Å². The molecule has 0 atom stereocenters. The molecule has 7 nitrogen and oxygen atoms in total. The zero-order chi connectivity index (χ0) is 24.5. The summed E-state index contributed by atoms with van der Waals surface area (Å²) in [6, 6.07) is 14.9. The Balaban J connectivity index is 1.52. The number of nitrogens with zero attached hydrogens (tertiary/aromatic N) is 2. The lowest BCUT2D eigenvalue weighted by molar-refractivity contribution is -0.120. The molecule has 9 heteroatoms. The Kier molecular flexibility index (Phi) is 6.49. The van der Waals surface area contributed by atoms with Gasteiger partial charge in [-0.15, -0.1) is 0 Å². The maximum atomic E-state index is 13.8. The summed E-state index contributed by atoms with van der Waals surface area (Å²) in [7, 11) is -3.73. The van der Waals surface area contributed by atoms with Crippen LogP contribution in [-0.2, 0) is 27.7 Å². The van der Waals surface area contributed by atoms with E-state index < -0.39 is 10.0 Å². The number of hydrogen-bond donors (Lipinski definition) is 2. The summed E-state index contributed by atoms with van der Waals surface area (Å²) >= 11 is 0. The maximum absolute atomic E-state index is 13.8. The van der Waals surface area contributed by atoms with E-state index in [1.54, 1.807) is 31.2 Å². The van der Waals surface area contributed by atoms with Crippen LogP contribution in [0.2, 0.25) is 0 Å². The van der Waals surface area contributed by atoms with Gasteiger partial charge in [0.05, 0.1) is 22.7 Å². The molecule has 0 aliphatic carbocycles. The lowest BCUT2D eigenvalue weighted by atomic mass is 10.1. The number of rotatable bonds is 7. The van der Waals surface area contributed by atoms with Crippen molar-refractivity contribution in [2.24, 2.45) is 5.14 Å². The summed E-state index contributed by atoms with van der Waals surface area (Å²) in [6.07, 6.45) is 2.56. The van der Waals surface area contributed by atoms with Crippen LogP contribution >= 0.6 is 0 Å². The Hall–Kier alpha value is -3.56. The fraction of sp³-hybridized carbons (Fsp3) is 0.200. The van der Waals surface area contributed by atoms with Crippen molar-refractivity contribution in [1.29, 1.82) is 0 Å². The molecule has 176 valence electrons. The topological polar surface area (TPSA) is 107 Å². The average molecular weight is 481 g/mol. The number of nitrogens with two attached hydrogens (primary N) is 1. The summed E-state index contributed by atoms with van der Waals surface area (Å²) in [4.78, 5) is 17.6. The molecule has 0 radical (unpaired) electrons. The van der Waals surface area contributed by atoms with Crippen LogP contribution in [0.4, 0.5) is 4.39 Å². The van der Waals surface area contributed by atoms with Crippen molar-refractivity contribution in [2.75, 3.05) is 6.54 Å². The number of nitrogens with one attached hydrogen (secondary N) is 1. The lowest BCUT2D eigenvalue weighted by Crippen LogP contribution is -2.27.